The van der Waals surface area contributed by atoms with Crippen molar-refractivity contribution >= 4 is 27.5 Å². The lowest BCUT2D eigenvalue weighted by Gasteiger charge is -2.21. The largest absolute Gasteiger partial charge is 0.439 e. The molecule has 2 aromatic rings. The van der Waals surface area contributed by atoms with Gasteiger partial charge in [-0.1, -0.05) is 11.6 Å². The number of pyridine rings is 1. The van der Waals surface area contributed by atoms with Gasteiger partial charge in [-0.3, -0.25) is 0 Å². The first kappa shape index (κ1) is 16.3. The minimum absolute atomic E-state index is 0.0276. The second-order valence-corrected chi connectivity index (χ2v) is 7.13. The molecule has 0 fully saturated rings. The first-order valence-corrected chi connectivity index (χ1v) is 7.83. The molecule has 21 heavy (non-hydrogen) atoms. The molecule has 0 unspecified atom stereocenters. The number of nitrogens with zero attached hydrogens (tertiary/aromatic N) is 1. The average molecular weight is 370 g/mol. The Morgan fingerprint density at radius 1 is 1.24 bits per heavy atom. The molecule has 1 N–H and O–H groups in total. The van der Waals surface area contributed by atoms with Crippen molar-refractivity contribution in [2.24, 2.45) is 0 Å². The minimum atomic E-state index is 0.0276. The van der Waals surface area contributed by atoms with Crippen LogP contribution in [0.4, 0.5) is 0 Å². The van der Waals surface area contributed by atoms with Crippen molar-refractivity contribution in [2.75, 3.05) is 0 Å². The Kier molecular flexibility index (Phi) is 5.25. The third-order valence-electron chi connectivity index (χ3n) is 2.73. The van der Waals surface area contributed by atoms with E-state index in [1.54, 1.807) is 18.3 Å². The predicted molar refractivity (Wildman–Crippen MR) is 90.1 cm³/mol. The smallest absolute Gasteiger partial charge is 0.223 e. The molecule has 0 aliphatic heterocycles. The number of hydrogen-bond acceptors (Lipinski definition) is 3. The van der Waals surface area contributed by atoms with Crippen LogP contribution >= 0.6 is 27.5 Å². The zero-order chi connectivity index (χ0) is 15.5. The van der Waals surface area contributed by atoms with Crippen molar-refractivity contribution in [3.8, 4) is 11.6 Å². The Hall–Kier alpha value is -1.10. The number of nitrogens with one attached hydrogen (secondary N) is 1. The fourth-order valence-corrected chi connectivity index (χ4v) is 2.17. The molecule has 0 amide bonds. The molecule has 5 heteroatoms. The molecule has 0 aliphatic rings. The van der Waals surface area contributed by atoms with E-state index in [-0.39, 0.29) is 5.54 Å². The summed E-state index contributed by atoms with van der Waals surface area (Å²) in [6, 6.07) is 9.25. The van der Waals surface area contributed by atoms with E-state index in [0.29, 0.717) is 23.2 Å². The Bertz CT molecular complexity index is 609. The Morgan fingerprint density at radius 3 is 2.52 bits per heavy atom. The molecule has 0 saturated heterocycles. The average Bonchev–Trinajstić information content (AvgIpc) is 2.40. The van der Waals surface area contributed by atoms with Crippen LogP contribution in [0.1, 0.15) is 26.3 Å². The molecule has 3 nitrogen and oxygen atoms in total. The standard InChI is InChI=1S/C16H18BrClN2O/c1-16(2,3)20-9-11-8-12(17)10-19-15(11)21-14-6-4-13(18)5-7-14/h4-8,10,20H,9H2,1-3H3. The highest BCUT2D eigenvalue weighted by molar-refractivity contribution is 9.10. The van der Waals surface area contributed by atoms with Gasteiger partial charge < -0.3 is 10.1 Å². The van der Waals surface area contributed by atoms with Gasteiger partial charge in [0, 0.05) is 33.3 Å². The number of benzene rings is 1. The van der Waals surface area contributed by atoms with Crippen LogP contribution in [0, 0.1) is 0 Å². The van der Waals surface area contributed by atoms with Crippen LogP contribution in [0.5, 0.6) is 11.6 Å². The molecular weight excluding hydrogens is 352 g/mol. The van der Waals surface area contributed by atoms with Gasteiger partial charge in [-0.2, -0.15) is 0 Å². The zero-order valence-electron chi connectivity index (χ0n) is 12.3. The summed E-state index contributed by atoms with van der Waals surface area (Å²) < 4.78 is 6.78. The lowest BCUT2D eigenvalue weighted by molar-refractivity contribution is 0.409. The van der Waals surface area contributed by atoms with Gasteiger partial charge >= 0.3 is 0 Å². The van der Waals surface area contributed by atoms with Crippen LogP contribution in [-0.4, -0.2) is 10.5 Å². The van der Waals surface area contributed by atoms with E-state index < -0.39 is 0 Å². The highest BCUT2D eigenvalue weighted by Gasteiger charge is 2.13. The van der Waals surface area contributed by atoms with Gasteiger partial charge in [-0.15, -0.1) is 0 Å². The molecule has 2 rings (SSSR count). The Labute approximate surface area is 138 Å². The maximum atomic E-state index is 5.88. The van der Waals surface area contributed by atoms with E-state index in [2.05, 4.69) is 47.0 Å². The summed E-state index contributed by atoms with van der Waals surface area (Å²) in [6.07, 6.45) is 1.73. The van der Waals surface area contributed by atoms with Crippen LogP contribution in [0.25, 0.3) is 0 Å². The molecule has 112 valence electrons. The maximum Gasteiger partial charge on any atom is 0.223 e. The van der Waals surface area contributed by atoms with Crippen molar-refractivity contribution in [3.05, 3.63) is 51.6 Å². The number of ether oxygens (including phenoxy) is 1. The highest BCUT2D eigenvalue weighted by Crippen LogP contribution is 2.26. The third kappa shape index (κ3) is 5.30. The number of halogens is 2. The maximum absolute atomic E-state index is 5.88. The van der Waals surface area contributed by atoms with Gasteiger partial charge in [-0.25, -0.2) is 4.98 Å². The van der Waals surface area contributed by atoms with Gasteiger partial charge in [-0.05, 0) is 67.0 Å². The molecule has 1 aromatic carbocycles. The van der Waals surface area contributed by atoms with E-state index in [9.17, 15) is 0 Å². The van der Waals surface area contributed by atoms with E-state index in [0.717, 1.165) is 10.0 Å². The Balaban J connectivity index is 2.20. The zero-order valence-corrected chi connectivity index (χ0v) is 14.6. The van der Waals surface area contributed by atoms with Crippen molar-refractivity contribution in [3.63, 3.8) is 0 Å². The normalized spacial score (nSPS) is 11.5. The molecule has 0 radical (unpaired) electrons. The lowest BCUT2D eigenvalue weighted by Crippen LogP contribution is -2.35. The van der Waals surface area contributed by atoms with Crippen LogP contribution in [0.15, 0.2) is 41.0 Å². The summed E-state index contributed by atoms with van der Waals surface area (Å²) in [5.74, 6) is 1.31. The van der Waals surface area contributed by atoms with E-state index in [1.807, 2.05) is 18.2 Å². The van der Waals surface area contributed by atoms with E-state index >= 15 is 0 Å². The molecule has 1 heterocycles. The molecular formula is C16H18BrClN2O. The molecule has 0 bridgehead atoms. The van der Waals surface area contributed by atoms with Crippen LogP contribution in [0.3, 0.4) is 0 Å². The lowest BCUT2D eigenvalue weighted by atomic mass is 10.1. The molecule has 0 spiro atoms. The summed E-state index contributed by atoms with van der Waals surface area (Å²) in [4.78, 5) is 4.35. The van der Waals surface area contributed by atoms with Crippen molar-refractivity contribution in [2.45, 2.75) is 32.9 Å². The summed E-state index contributed by atoms with van der Waals surface area (Å²) in [7, 11) is 0. The van der Waals surface area contributed by atoms with Gasteiger partial charge in [0.2, 0.25) is 5.88 Å². The van der Waals surface area contributed by atoms with Crippen LogP contribution in [0.2, 0.25) is 5.02 Å². The summed E-state index contributed by atoms with van der Waals surface area (Å²) in [6.45, 7) is 7.05. The Morgan fingerprint density at radius 2 is 1.90 bits per heavy atom. The minimum Gasteiger partial charge on any atom is -0.439 e. The van der Waals surface area contributed by atoms with Crippen molar-refractivity contribution in [1.82, 2.24) is 10.3 Å². The SMILES string of the molecule is CC(C)(C)NCc1cc(Br)cnc1Oc1ccc(Cl)cc1. The van der Waals surface area contributed by atoms with Crippen molar-refractivity contribution < 1.29 is 4.74 Å². The molecule has 0 aliphatic carbocycles. The molecule has 0 saturated carbocycles. The van der Waals surface area contributed by atoms with Crippen LogP contribution in [-0.2, 0) is 6.54 Å². The topological polar surface area (TPSA) is 34.2 Å². The van der Waals surface area contributed by atoms with Gasteiger partial charge in [0.05, 0.1) is 0 Å². The summed E-state index contributed by atoms with van der Waals surface area (Å²) in [5.41, 5.74) is 1.02. The second-order valence-electron chi connectivity index (χ2n) is 5.78. The third-order valence-corrected chi connectivity index (χ3v) is 3.41. The molecule has 0 atom stereocenters. The van der Waals surface area contributed by atoms with Crippen molar-refractivity contribution in [1.29, 1.82) is 0 Å². The van der Waals surface area contributed by atoms with E-state index in [1.165, 1.54) is 0 Å². The van der Waals surface area contributed by atoms with Crippen LogP contribution < -0.4 is 10.1 Å². The fourth-order valence-electron chi connectivity index (χ4n) is 1.66. The number of hydrogen-bond donors (Lipinski definition) is 1. The molecule has 1 aromatic heterocycles. The first-order valence-electron chi connectivity index (χ1n) is 6.66. The highest BCUT2D eigenvalue weighted by atomic mass is 79.9. The number of rotatable bonds is 4. The monoisotopic (exact) mass is 368 g/mol. The fraction of sp³-hybridized carbons (Fsp3) is 0.312. The first-order chi connectivity index (χ1) is 9.83. The van der Waals surface area contributed by atoms with E-state index in [4.69, 9.17) is 16.3 Å². The summed E-state index contributed by atoms with van der Waals surface area (Å²) in [5, 5.41) is 4.12. The van der Waals surface area contributed by atoms with Gasteiger partial charge in [0.1, 0.15) is 5.75 Å². The quantitative estimate of drug-likeness (QED) is 0.806. The number of aromatic nitrogens is 1. The van der Waals surface area contributed by atoms with Gasteiger partial charge in [0.15, 0.2) is 0 Å². The predicted octanol–water partition coefficient (Wildman–Crippen LogP) is 5.18. The summed E-state index contributed by atoms with van der Waals surface area (Å²) >= 11 is 9.33. The van der Waals surface area contributed by atoms with Gasteiger partial charge in [0.25, 0.3) is 0 Å². The second kappa shape index (κ2) is 6.77.